The highest BCUT2D eigenvalue weighted by Crippen LogP contribution is 2.25. The summed E-state index contributed by atoms with van der Waals surface area (Å²) < 4.78 is 12.1. The lowest BCUT2D eigenvalue weighted by Gasteiger charge is -2.13. The van der Waals surface area contributed by atoms with Crippen LogP contribution in [0.4, 0.5) is 5.69 Å². The molecular formula is C13H19ClN2O2S. The first kappa shape index (κ1) is 16.0. The fourth-order valence-electron chi connectivity index (χ4n) is 1.78. The summed E-state index contributed by atoms with van der Waals surface area (Å²) in [6.45, 7) is 3.97. The normalized spacial score (nSPS) is 13.8. The van der Waals surface area contributed by atoms with Crippen molar-refractivity contribution >= 4 is 34.0 Å². The average molecular weight is 303 g/mol. The van der Waals surface area contributed by atoms with E-state index >= 15 is 0 Å². The molecule has 1 rings (SSSR count). The molecule has 2 atom stereocenters. The van der Waals surface area contributed by atoms with E-state index in [1.165, 1.54) is 0 Å². The monoisotopic (exact) mass is 302 g/mol. The molecule has 1 aromatic carbocycles. The summed E-state index contributed by atoms with van der Waals surface area (Å²) in [5.74, 6) is -0.374. The molecule has 0 heterocycles. The predicted octanol–water partition coefficient (Wildman–Crippen LogP) is 2.33. The van der Waals surface area contributed by atoms with Gasteiger partial charge in [-0.1, -0.05) is 31.0 Å². The summed E-state index contributed by atoms with van der Waals surface area (Å²) in [5.41, 5.74) is 6.09. The molecule has 3 N–H and O–H groups in total. The number of nitrogen functional groups attached to an aromatic ring is 1. The van der Waals surface area contributed by atoms with Gasteiger partial charge in [0.15, 0.2) is 0 Å². The fourth-order valence-corrected chi connectivity index (χ4v) is 3.30. The van der Waals surface area contributed by atoms with Crippen LogP contribution in [0.1, 0.15) is 26.7 Å². The molecule has 2 unspecified atom stereocenters. The van der Waals surface area contributed by atoms with Crippen LogP contribution in [0.3, 0.4) is 0 Å². The van der Waals surface area contributed by atoms with Crippen molar-refractivity contribution in [1.82, 2.24) is 5.32 Å². The highest BCUT2D eigenvalue weighted by atomic mass is 35.5. The minimum atomic E-state index is -1.53. The number of rotatable bonds is 6. The molecule has 0 aliphatic rings. The molecule has 0 fully saturated rings. The van der Waals surface area contributed by atoms with Gasteiger partial charge in [0.05, 0.1) is 20.7 Å². The quantitative estimate of drug-likeness (QED) is 0.792. The number of hydrogen-bond acceptors (Lipinski definition) is 3. The third-order valence-corrected chi connectivity index (χ3v) is 4.48. The molecule has 1 amide bonds. The number of nitrogens with one attached hydrogen (secondary N) is 1. The Morgan fingerprint density at radius 2 is 2.21 bits per heavy atom. The summed E-state index contributed by atoms with van der Waals surface area (Å²) >= 11 is 5.96. The Bertz CT molecular complexity index is 459. The summed E-state index contributed by atoms with van der Waals surface area (Å²) in [7, 11) is -1.53. The summed E-state index contributed by atoms with van der Waals surface area (Å²) in [6.07, 6.45) is 1.88. The summed E-state index contributed by atoms with van der Waals surface area (Å²) in [6, 6.07) is 5.00. The van der Waals surface area contributed by atoms with Crippen molar-refractivity contribution in [3.63, 3.8) is 0 Å². The summed E-state index contributed by atoms with van der Waals surface area (Å²) in [4.78, 5) is 12.1. The van der Waals surface area contributed by atoms with Gasteiger partial charge in [-0.15, -0.1) is 0 Å². The number of carbonyl (C=O) groups excluding carboxylic acids is 1. The van der Waals surface area contributed by atoms with Gasteiger partial charge in [-0.3, -0.25) is 9.00 Å². The van der Waals surface area contributed by atoms with Gasteiger partial charge < -0.3 is 11.1 Å². The molecule has 6 heteroatoms. The van der Waals surface area contributed by atoms with Crippen LogP contribution in [0.15, 0.2) is 23.1 Å². The lowest BCUT2D eigenvalue weighted by atomic mass is 10.2. The Morgan fingerprint density at radius 1 is 1.53 bits per heavy atom. The first-order valence-corrected chi connectivity index (χ1v) is 7.87. The molecule has 0 aromatic heterocycles. The van der Waals surface area contributed by atoms with Crippen molar-refractivity contribution in [2.75, 3.05) is 11.5 Å². The van der Waals surface area contributed by atoms with E-state index in [2.05, 4.69) is 5.32 Å². The van der Waals surface area contributed by atoms with Crippen LogP contribution in [0.25, 0.3) is 0 Å². The standard InChI is InChI=1S/C13H19ClN2O2S/c1-3-5-9(2)16-12(17)8-19(18)13-10(14)6-4-7-11(13)15/h4,6-7,9H,3,5,8,15H2,1-2H3,(H,16,17). The van der Waals surface area contributed by atoms with Gasteiger partial charge in [0, 0.05) is 11.7 Å². The van der Waals surface area contributed by atoms with Crippen LogP contribution in [0, 0.1) is 0 Å². The van der Waals surface area contributed by atoms with E-state index in [0.717, 1.165) is 12.8 Å². The van der Waals surface area contributed by atoms with Gasteiger partial charge >= 0.3 is 0 Å². The molecule has 0 spiro atoms. The van der Waals surface area contributed by atoms with Crippen molar-refractivity contribution in [2.24, 2.45) is 0 Å². The van der Waals surface area contributed by atoms with Crippen molar-refractivity contribution in [2.45, 2.75) is 37.6 Å². The number of amides is 1. The van der Waals surface area contributed by atoms with Gasteiger partial charge in [-0.05, 0) is 25.5 Å². The van der Waals surface area contributed by atoms with E-state index in [1.54, 1.807) is 18.2 Å². The lowest BCUT2D eigenvalue weighted by Crippen LogP contribution is -2.35. The minimum Gasteiger partial charge on any atom is -0.398 e. The first-order chi connectivity index (χ1) is 8.95. The lowest BCUT2D eigenvalue weighted by molar-refractivity contribution is -0.119. The van der Waals surface area contributed by atoms with Gasteiger partial charge in [0.1, 0.15) is 5.75 Å². The van der Waals surface area contributed by atoms with Crippen LogP contribution >= 0.6 is 11.6 Å². The molecule has 4 nitrogen and oxygen atoms in total. The van der Waals surface area contributed by atoms with E-state index < -0.39 is 10.8 Å². The molecule has 0 radical (unpaired) electrons. The second kappa shape index (κ2) is 7.50. The van der Waals surface area contributed by atoms with E-state index in [4.69, 9.17) is 17.3 Å². The van der Waals surface area contributed by atoms with Crippen molar-refractivity contribution in [3.8, 4) is 0 Å². The topological polar surface area (TPSA) is 72.2 Å². The van der Waals surface area contributed by atoms with Crippen molar-refractivity contribution in [3.05, 3.63) is 23.2 Å². The van der Waals surface area contributed by atoms with Crippen LogP contribution in [-0.2, 0) is 15.6 Å². The number of halogens is 1. The largest absolute Gasteiger partial charge is 0.398 e. The number of carbonyl (C=O) groups is 1. The number of hydrogen-bond donors (Lipinski definition) is 2. The maximum Gasteiger partial charge on any atom is 0.233 e. The molecule has 0 saturated carbocycles. The zero-order chi connectivity index (χ0) is 14.4. The molecular weight excluding hydrogens is 284 g/mol. The van der Waals surface area contributed by atoms with E-state index in [-0.39, 0.29) is 17.7 Å². The third-order valence-electron chi connectivity index (χ3n) is 2.62. The van der Waals surface area contributed by atoms with Crippen LogP contribution in [-0.4, -0.2) is 21.9 Å². The average Bonchev–Trinajstić information content (AvgIpc) is 2.28. The van der Waals surface area contributed by atoms with Gasteiger partial charge in [0.25, 0.3) is 0 Å². The smallest absolute Gasteiger partial charge is 0.233 e. The zero-order valence-electron chi connectivity index (χ0n) is 11.1. The minimum absolute atomic E-state index is 0.0816. The Kier molecular flexibility index (Phi) is 6.31. The van der Waals surface area contributed by atoms with E-state index in [0.29, 0.717) is 15.6 Å². The van der Waals surface area contributed by atoms with Crippen molar-refractivity contribution in [1.29, 1.82) is 0 Å². The number of nitrogens with two attached hydrogens (primary N) is 1. The molecule has 106 valence electrons. The van der Waals surface area contributed by atoms with E-state index in [9.17, 15) is 9.00 Å². The maximum absolute atomic E-state index is 12.1. The van der Waals surface area contributed by atoms with E-state index in [1.807, 2.05) is 13.8 Å². The highest BCUT2D eigenvalue weighted by Gasteiger charge is 2.16. The number of anilines is 1. The molecule has 19 heavy (non-hydrogen) atoms. The zero-order valence-corrected chi connectivity index (χ0v) is 12.7. The Morgan fingerprint density at radius 3 is 2.79 bits per heavy atom. The first-order valence-electron chi connectivity index (χ1n) is 6.17. The van der Waals surface area contributed by atoms with Gasteiger partial charge in [-0.2, -0.15) is 0 Å². The second-order valence-corrected chi connectivity index (χ2v) is 6.20. The molecule has 0 aliphatic carbocycles. The highest BCUT2D eigenvalue weighted by molar-refractivity contribution is 7.86. The van der Waals surface area contributed by atoms with Crippen LogP contribution < -0.4 is 11.1 Å². The summed E-state index contributed by atoms with van der Waals surface area (Å²) in [5, 5.41) is 3.13. The van der Waals surface area contributed by atoms with Gasteiger partial charge in [-0.25, -0.2) is 0 Å². The van der Waals surface area contributed by atoms with Crippen molar-refractivity contribution < 1.29 is 9.00 Å². The van der Waals surface area contributed by atoms with Crippen LogP contribution in [0.5, 0.6) is 0 Å². The Labute approximate surface area is 121 Å². The second-order valence-electron chi connectivity index (χ2n) is 4.41. The van der Waals surface area contributed by atoms with Crippen LogP contribution in [0.2, 0.25) is 5.02 Å². The SMILES string of the molecule is CCCC(C)NC(=O)CS(=O)c1c(N)cccc1Cl. The van der Waals surface area contributed by atoms with Gasteiger partial charge in [0.2, 0.25) is 5.91 Å². The Balaban J connectivity index is 2.67. The predicted molar refractivity (Wildman–Crippen MR) is 79.7 cm³/mol. The molecule has 1 aromatic rings. The molecule has 0 bridgehead atoms. The molecule has 0 aliphatic heterocycles. The molecule has 0 saturated heterocycles. The third kappa shape index (κ3) is 4.84. The fraction of sp³-hybridized carbons (Fsp3) is 0.462. The maximum atomic E-state index is 12.1. The number of benzene rings is 1. The Hall–Kier alpha value is -1.07.